The summed E-state index contributed by atoms with van der Waals surface area (Å²) in [4.78, 5) is 48.7. The number of aliphatic hydroxyl groups is 1. The molecule has 0 saturated heterocycles. The van der Waals surface area contributed by atoms with E-state index >= 15 is 0 Å². The molecule has 0 aromatic carbocycles. The van der Waals surface area contributed by atoms with E-state index in [0.717, 1.165) is 135 Å². The molecule has 0 bridgehead atoms. The van der Waals surface area contributed by atoms with Crippen LogP contribution in [-0.2, 0) is 42.2 Å². The molecule has 0 aliphatic heterocycles. The molecular formula is C68H111O11P. The summed E-state index contributed by atoms with van der Waals surface area (Å²) >= 11 is 0. The molecule has 0 spiro atoms. The van der Waals surface area contributed by atoms with Gasteiger partial charge >= 0.3 is 25.7 Å². The molecule has 80 heavy (non-hydrogen) atoms. The first kappa shape index (κ1) is 75.6. The van der Waals surface area contributed by atoms with Gasteiger partial charge in [0.1, 0.15) is 12.7 Å². The van der Waals surface area contributed by atoms with Crippen molar-refractivity contribution in [1.29, 1.82) is 0 Å². The molecule has 11 nitrogen and oxygen atoms in total. The molecule has 2 N–H and O–H groups in total. The van der Waals surface area contributed by atoms with E-state index < -0.39 is 57.8 Å². The maximum Gasteiger partial charge on any atom is 0.472 e. The number of phosphoric acid groups is 1. The number of phosphoric ester groups is 1. The van der Waals surface area contributed by atoms with Gasteiger partial charge in [0.2, 0.25) is 0 Å². The van der Waals surface area contributed by atoms with Crippen molar-refractivity contribution in [3.05, 3.63) is 134 Å². The molecule has 0 heterocycles. The Labute approximate surface area is 487 Å². The van der Waals surface area contributed by atoms with E-state index in [9.17, 15) is 28.9 Å². The SMILES string of the molecule is CC/C=C\C/C=C\C/C=C\C/C=C\C/C=C\CCCC(=O)OC(COC(=O)CCCCCCCC/C=C\C/C=C\C/C=C\C/C=C\CC)COP(=O)(O)OCC(CO)OC(=O)CCCCCCCCC/C=C\C/C=C\CCCCC. The summed E-state index contributed by atoms with van der Waals surface area (Å²) in [5, 5.41) is 9.85. The number of hydrogen-bond acceptors (Lipinski definition) is 10. The Balaban J connectivity index is 4.82. The van der Waals surface area contributed by atoms with Crippen molar-refractivity contribution in [2.45, 2.75) is 251 Å². The molecule has 12 heteroatoms. The Hall–Kier alpha value is -4.38. The van der Waals surface area contributed by atoms with Gasteiger partial charge in [0.15, 0.2) is 6.10 Å². The van der Waals surface area contributed by atoms with E-state index in [1.54, 1.807) is 0 Å². The number of esters is 3. The lowest BCUT2D eigenvalue weighted by atomic mass is 10.1. The largest absolute Gasteiger partial charge is 0.472 e. The van der Waals surface area contributed by atoms with Crippen LogP contribution in [0.4, 0.5) is 0 Å². The van der Waals surface area contributed by atoms with Crippen LogP contribution in [-0.4, -0.2) is 66.5 Å². The van der Waals surface area contributed by atoms with Gasteiger partial charge in [-0.15, -0.1) is 0 Å². The van der Waals surface area contributed by atoms with Crippen molar-refractivity contribution < 1.29 is 52.2 Å². The highest BCUT2D eigenvalue weighted by atomic mass is 31.2. The van der Waals surface area contributed by atoms with Crippen molar-refractivity contribution in [1.82, 2.24) is 0 Å². The predicted octanol–water partition coefficient (Wildman–Crippen LogP) is 18.9. The van der Waals surface area contributed by atoms with Crippen LogP contribution < -0.4 is 0 Å². The summed E-state index contributed by atoms with van der Waals surface area (Å²) in [5.74, 6) is -1.57. The van der Waals surface area contributed by atoms with Crippen molar-refractivity contribution in [3.63, 3.8) is 0 Å². The van der Waals surface area contributed by atoms with E-state index in [1.807, 2.05) is 12.2 Å². The van der Waals surface area contributed by atoms with Gasteiger partial charge < -0.3 is 24.2 Å². The standard InChI is InChI=1S/C68H111O11P/c1-4-7-10-13-16-19-22-25-28-31-32-35-36-39-42-45-48-51-54-57-66(70)75-61-65(79-68(72)59-56-53-50-47-44-41-38-34-30-27-24-21-18-15-12-9-6-3)63-77-80(73,74)76-62-64(60-69)78-67(71)58-55-52-49-46-43-40-37-33-29-26-23-20-17-14-11-8-5-2/h7,9-10,12,16-21,25-30,32,35,38,41,47,50,64-65,69H,4-6,8,11,13-15,22-24,31,33-34,36-37,39-40,42-46,48-49,51-63H2,1-3H3,(H,73,74)/b10-7-,12-9-,19-16-,20-17-,21-18-,28-25-,29-26-,30-27-,35-32-,41-38-,50-47-. The molecule has 0 fully saturated rings. The van der Waals surface area contributed by atoms with Crippen LogP contribution in [0, 0.1) is 0 Å². The van der Waals surface area contributed by atoms with Gasteiger partial charge in [-0.2, -0.15) is 0 Å². The van der Waals surface area contributed by atoms with Crippen molar-refractivity contribution in [2.75, 3.05) is 26.4 Å². The quantitative estimate of drug-likeness (QED) is 0.0197. The number of hydrogen-bond donors (Lipinski definition) is 2. The van der Waals surface area contributed by atoms with Crippen LogP contribution in [0.25, 0.3) is 0 Å². The minimum Gasteiger partial charge on any atom is -0.462 e. The molecule has 0 aromatic heterocycles. The number of ether oxygens (including phenoxy) is 3. The lowest BCUT2D eigenvalue weighted by Crippen LogP contribution is -2.30. The second kappa shape index (κ2) is 60.7. The summed E-state index contributed by atoms with van der Waals surface area (Å²) < 4.78 is 39.6. The van der Waals surface area contributed by atoms with Gasteiger partial charge in [-0.05, 0) is 128 Å². The Morgan fingerprint density at radius 2 is 0.662 bits per heavy atom. The Morgan fingerprint density at radius 1 is 0.362 bits per heavy atom. The summed E-state index contributed by atoms with van der Waals surface area (Å²) in [6.07, 6.45) is 76.9. The third kappa shape index (κ3) is 58.3. The highest BCUT2D eigenvalue weighted by Gasteiger charge is 2.28. The van der Waals surface area contributed by atoms with Crippen LogP contribution in [0.1, 0.15) is 239 Å². The molecule has 454 valence electrons. The Morgan fingerprint density at radius 3 is 1.05 bits per heavy atom. The van der Waals surface area contributed by atoms with Gasteiger partial charge in [0.05, 0.1) is 19.8 Å². The Bertz CT molecular complexity index is 1850. The number of carbonyl (C=O) groups excluding carboxylic acids is 3. The van der Waals surface area contributed by atoms with Gasteiger partial charge in [-0.25, -0.2) is 4.57 Å². The molecule has 0 aliphatic rings. The maximum atomic E-state index is 12.9. The fraction of sp³-hybridized carbons (Fsp3) is 0.632. The van der Waals surface area contributed by atoms with Crippen molar-refractivity contribution in [3.8, 4) is 0 Å². The molecule has 0 rings (SSSR count). The number of aliphatic hydroxyl groups excluding tert-OH is 1. The molecule has 0 amide bonds. The molecular weight excluding hydrogens is 1020 g/mol. The van der Waals surface area contributed by atoms with E-state index in [1.165, 1.54) is 38.5 Å². The first-order valence-corrected chi connectivity index (χ1v) is 32.6. The molecule has 0 radical (unpaired) electrons. The number of allylic oxidation sites excluding steroid dienone is 22. The monoisotopic (exact) mass is 1130 g/mol. The summed E-state index contributed by atoms with van der Waals surface area (Å²) in [7, 11) is -4.78. The van der Waals surface area contributed by atoms with Crippen LogP contribution in [0.5, 0.6) is 0 Å². The molecule has 0 aromatic rings. The van der Waals surface area contributed by atoms with Crippen molar-refractivity contribution >= 4 is 25.7 Å². The zero-order chi connectivity index (χ0) is 58.3. The summed E-state index contributed by atoms with van der Waals surface area (Å²) in [5.41, 5.74) is 0. The number of unbranched alkanes of at least 4 members (excludes halogenated alkanes) is 17. The summed E-state index contributed by atoms with van der Waals surface area (Å²) in [6, 6.07) is 0. The van der Waals surface area contributed by atoms with Gasteiger partial charge in [0.25, 0.3) is 0 Å². The van der Waals surface area contributed by atoms with E-state index in [2.05, 4.69) is 142 Å². The predicted molar refractivity (Wildman–Crippen MR) is 334 cm³/mol. The second-order valence-electron chi connectivity index (χ2n) is 20.1. The van der Waals surface area contributed by atoms with Gasteiger partial charge in [-0.1, -0.05) is 225 Å². The van der Waals surface area contributed by atoms with Crippen LogP contribution in [0.3, 0.4) is 0 Å². The zero-order valence-electron chi connectivity index (χ0n) is 50.2. The second-order valence-corrected chi connectivity index (χ2v) is 21.6. The average Bonchev–Trinajstić information content (AvgIpc) is 3.45. The number of carbonyl (C=O) groups is 3. The zero-order valence-corrected chi connectivity index (χ0v) is 51.1. The highest BCUT2D eigenvalue weighted by molar-refractivity contribution is 7.47. The smallest absolute Gasteiger partial charge is 0.462 e. The van der Waals surface area contributed by atoms with E-state index in [4.69, 9.17) is 23.3 Å². The molecule has 0 aliphatic carbocycles. The first-order chi connectivity index (χ1) is 39.2. The molecule has 3 unspecified atom stereocenters. The third-order valence-electron chi connectivity index (χ3n) is 12.5. The van der Waals surface area contributed by atoms with Crippen molar-refractivity contribution in [2.24, 2.45) is 0 Å². The van der Waals surface area contributed by atoms with Gasteiger partial charge in [0, 0.05) is 19.3 Å². The highest BCUT2D eigenvalue weighted by Crippen LogP contribution is 2.43. The molecule has 3 atom stereocenters. The molecule has 0 saturated carbocycles. The van der Waals surface area contributed by atoms with Crippen LogP contribution in [0.15, 0.2) is 134 Å². The Kier molecular flexibility index (Phi) is 57.4. The fourth-order valence-electron chi connectivity index (χ4n) is 7.88. The fourth-order valence-corrected chi connectivity index (χ4v) is 8.67. The van der Waals surface area contributed by atoms with E-state index in [-0.39, 0.29) is 25.9 Å². The van der Waals surface area contributed by atoms with E-state index in [0.29, 0.717) is 25.7 Å². The third-order valence-corrected chi connectivity index (χ3v) is 13.5. The first-order valence-electron chi connectivity index (χ1n) is 31.1. The normalized spacial score (nSPS) is 14.2. The van der Waals surface area contributed by atoms with Gasteiger partial charge in [-0.3, -0.25) is 23.4 Å². The average molecular weight is 1140 g/mol. The lowest BCUT2D eigenvalue weighted by molar-refractivity contribution is -0.161. The minimum atomic E-state index is -4.78. The van der Waals surface area contributed by atoms with Crippen LogP contribution >= 0.6 is 7.82 Å². The maximum absolute atomic E-state index is 12.9. The number of rotatable bonds is 56. The van der Waals surface area contributed by atoms with Crippen LogP contribution in [0.2, 0.25) is 0 Å². The topological polar surface area (TPSA) is 155 Å². The summed E-state index contributed by atoms with van der Waals surface area (Å²) in [6.45, 7) is 4.30. The minimum absolute atomic E-state index is 0.0783. The lowest BCUT2D eigenvalue weighted by Gasteiger charge is -2.21.